The minimum absolute atomic E-state index is 0.794. The van der Waals surface area contributed by atoms with Crippen molar-refractivity contribution < 1.29 is 0 Å². The molecule has 0 nitrogen and oxygen atoms in total. The van der Waals surface area contributed by atoms with Crippen molar-refractivity contribution in [1.29, 1.82) is 0 Å². The van der Waals surface area contributed by atoms with E-state index in [0.29, 0.717) is 0 Å². The highest BCUT2D eigenvalue weighted by Crippen LogP contribution is 2.29. The lowest BCUT2D eigenvalue weighted by Gasteiger charge is -2.13. The van der Waals surface area contributed by atoms with Crippen LogP contribution in [0.1, 0.15) is 46.0 Å². The normalized spacial score (nSPS) is 19.3. The van der Waals surface area contributed by atoms with E-state index in [1.807, 2.05) is 6.08 Å². The van der Waals surface area contributed by atoms with Crippen molar-refractivity contribution in [2.24, 2.45) is 5.92 Å². The first kappa shape index (κ1) is 11.3. The Labute approximate surface area is 88.4 Å². The molecule has 0 aromatic carbocycles. The Kier molecular flexibility index (Phi) is 4.72. The Morgan fingerprint density at radius 3 is 2.93 bits per heavy atom. The third-order valence-electron chi connectivity index (χ3n) is 3.04. The number of allylic oxidation sites excluding steroid dienone is 5. The predicted octanol–water partition coefficient (Wildman–Crippen LogP) is 4.65. The van der Waals surface area contributed by atoms with Crippen LogP contribution in [0.5, 0.6) is 0 Å². The molecular formula is C14H22. The van der Waals surface area contributed by atoms with Crippen LogP contribution in [0.2, 0.25) is 0 Å². The van der Waals surface area contributed by atoms with Crippen LogP contribution in [0.3, 0.4) is 0 Å². The first-order chi connectivity index (χ1) is 6.77. The third kappa shape index (κ3) is 3.17. The number of hydrogen-bond donors (Lipinski definition) is 0. The number of hydrogen-bond acceptors (Lipinski definition) is 0. The molecule has 0 spiro atoms. The largest absolute Gasteiger partial charge is 0.0991 e. The topological polar surface area (TPSA) is 0 Å². The Morgan fingerprint density at radius 2 is 2.43 bits per heavy atom. The lowest BCUT2D eigenvalue weighted by Crippen LogP contribution is -1.97. The SMILES string of the molecule is C=C/C=C(/C[C@@H](C)CC)C1=CCCC1. The van der Waals surface area contributed by atoms with Crippen molar-refractivity contribution >= 4 is 0 Å². The van der Waals surface area contributed by atoms with Gasteiger partial charge in [-0.15, -0.1) is 0 Å². The van der Waals surface area contributed by atoms with Gasteiger partial charge in [0.25, 0.3) is 0 Å². The van der Waals surface area contributed by atoms with Crippen molar-refractivity contribution in [2.45, 2.75) is 46.0 Å². The molecule has 0 aromatic rings. The van der Waals surface area contributed by atoms with E-state index in [9.17, 15) is 0 Å². The zero-order chi connectivity index (χ0) is 10.4. The zero-order valence-corrected chi connectivity index (χ0v) is 9.55. The van der Waals surface area contributed by atoms with Crippen molar-refractivity contribution in [3.63, 3.8) is 0 Å². The van der Waals surface area contributed by atoms with Crippen molar-refractivity contribution in [1.82, 2.24) is 0 Å². The van der Waals surface area contributed by atoms with Gasteiger partial charge in [0.2, 0.25) is 0 Å². The minimum Gasteiger partial charge on any atom is -0.0991 e. The van der Waals surface area contributed by atoms with Crippen LogP contribution in [0.4, 0.5) is 0 Å². The summed E-state index contributed by atoms with van der Waals surface area (Å²) < 4.78 is 0. The molecule has 0 radical (unpaired) electrons. The molecule has 0 saturated carbocycles. The van der Waals surface area contributed by atoms with Gasteiger partial charge in [-0.3, -0.25) is 0 Å². The average molecular weight is 190 g/mol. The molecule has 0 heterocycles. The lowest BCUT2D eigenvalue weighted by molar-refractivity contribution is 0.558. The van der Waals surface area contributed by atoms with Gasteiger partial charge < -0.3 is 0 Å². The fraction of sp³-hybridized carbons (Fsp3) is 0.571. The molecule has 78 valence electrons. The van der Waals surface area contributed by atoms with E-state index >= 15 is 0 Å². The first-order valence-electron chi connectivity index (χ1n) is 5.79. The van der Waals surface area contributed by atoms with Gasteiger partial charge in [-0.05, 0) is 42.7 Å². The van der Waals surface area contributed by atoms with Crippen molar-refractivity contribution in [3.05, 3.63) is 36.0 Å². The van der Waals surface area contributed by atoms with Crippen LogP contribution >= 0.6 is 0 Å². The average Bonchev–Trinajstić information content (AvgIpc) is 2.69. The summed E-state index contributed by atoms with van der Waals surface area (Å²) in [5.74, 6) is 0.794. The maximum absolute atomic E-state index is 3.80. The van der Waals surface area contributed by atoms with Crippen LogP contribution in [0.15, 0.2) is 36.0 Å². The quantitative estimate of drug-likeness (QED) is 0.554. The van der Waals surface area contributed by atoms with E-state index in [1.54, 1.807) is 5.57 Å². The summed E-state index contributed by atoms with van der Waals surface area (Å²) in [6.07, 6.45) is 12.9. The van der Waals surface area contributed by atoms with Gasteiger partial charge in [0.1, 0.15) is 0 Å². The Hall–Kier alpha value is -0.780. The van der Waals surface area contributed by atoms with Crippen LogP contribution in [0, 0.1) is 5.92 Å². The molecule has 1 atom stereocenters. The maximum Gasteiger partial charge on any atom is -0.0250 e. The van der Waals surface area contributed by atoms with Gasteiger partial charge >= 0.3 is 0 Å². The molecular weight excluding hydrogens is 168 g/mol. The molecule has 0 saturated heterocycles. The van der Waals surface area contributed by atoms with E-state index in [2.05, 4.69) is 32.6 Å². The molecule has 1 aliphatic rings. The highest BCUT2D eigenvalue weighted by Gasteiger charge is 2.11. The van der Waals surface area contributed by atoms with Gasteiger partial charge in [-0.25, -0.2) is 0 Å². The Morgan fingerprint density at radius 1 is 1.64 bits per heavy atom. The summed E-state index contributed by atoms with van der Waals surface area (Å²) in [6, 6.07) is 0. The molecule has 0 bridgehead atoms. The summed E-state index contributed by atoms with van der Waals surface area (Å²) in [5.41, 5.74) is 3.09. The summed E-state index contributed by atoms with van der Waals surface area (Å²) in [6.45, 7) is 8.39. The van der Waals surface area contributed by atoms with Gasteiger partial charge in [0.15, 0.2) is 0 Å². The Bertz CT molecular complexity index is 243. The monoisotopic (exact) mass is 190 g/mol. The predicted molar refractivity (Wildman–Crippen MR) is 64.3 cm³/mol. The second-order valence-corrected chi connectivity index (χ2v) is 4.27. The standard InChI is InChI=1S/C14H22/c1-4-8-14(11-12(3)5-2)13-9-6-7-10-13/h4,8-9,12H,1,5-7,10-11H2,2-3H3/b14-8-/t12-/m0/s1. The van der Waals surface area contributed by atoms with Gasteiger partial charge in [-0.1, -0.05) is 45.1 Å². The Balaban J connectivity index is 2.64. The molecule has 0 fully saturated rings. The van der Waals surface area contributed by atoms with E-state index in [4.69, 9.17) is 0 Å². The zero-order valence-electron chi connectivity index (χ0n) is 9.55. The van der Waals surface area contributed by atoms with Gasteiger partial charge in [0, 0.05) is 0 Å². The van der Waals surface area contributed by atoms with Crippen LogP contribution < -0.4 is 0 Å². The van der Waals surface area contributed by atoms with Crippen molar-refractivity contribution in [3.8, 4) is 0 Å². The maximum atomic E-state index is 3.80. The van der Waals surface area contributed by atoms with E-state index in [-0.39, 0.29) is 0 Å². The summed E-state index contributed by atoms with van der Waals surface area (Å²) in [7, 11) is 0. The van der Waals surface area contributed by atoms with Crippen LogP contribution in [-0.2, 0) is 0 Å². The molecule has 0 aliphatic heterocycles. The second-order valence-electron chi connectivity index (χ2n) is 4.27. The van der Waals surface area contributed by atoms with Crippen LogP contribution in [0.25, 0.3) is 0 Å². The molecule has 0 unspecified atom stereocenters. The van der Waals surface area contributed by atoms with Crippen LogP contribution in [-0.4, -0.2) is 0 Å². The summed E-state index contributed by atoms with van der Waals surface area (Å²) in [5, 5.41) is 0. The molecule has 0 aromatic heterocycles. The highest BCUT2D eigenvalue weighted by molar-refractivity contribution is 5.35. The van der Waals surface area contributed by atoms with E-state index in [1.165, 1.54) is 37.7 Å². The second kappa shape index (κ2) is 5.85. The smallest absolute Gasteiger partial charge is 0.0250 e. The van der Waals surface area contributed by atoms with Gasteiger partial charge in [0.05, 0.1) is 0 Å². The van der Waals surface area contributed by atoms with Crippen molar-refractivity contribution in [2.75, 3.05) is 0 Å². The van der Waals surface area contributed by atoms with Gasteiger partial charge in [-0.2, -0.15) is 0 Å². The molecule has 14 heavy (non-hydrogen) atoms. The first-order valence-corrected chi connectivity index (χ1v) is 5.79. The molecule has 0 heteroatoms. The molecule has 1 rings (SSSR count). The molecule has 1 aliphatic carbocycles. The summed E-state index contributed by atoms with van der Waals surface area (Å²) >= 11 is 0. The fourth-order valence-corrected chi connectivity index (χ4v) is 1.93. The molecule has 0 amide bonds. The fourth-order valence-electron chi connectivity index (χ4n) is 1.93. The lowest BCUT2D eigenvalue weighted by atomic mass is 9.93. The van der Waals surface area contributed by atoms with E-state index in [0.717, 1.165) is 5.92 Å². The summed E-state index contributed by atoms with van der Waals surface area (Å²) in [4.78, 5) is 0. The molecule has 0 N–H and O–H groups in total. The third-order valence-corrected chi connectivity index (χ3v) is 3.04. The van der Waals surface area contributed by atoms with E-state index < -0.39 is 0 Å². The highest BCUT2D eigenvalue weighted by atomic mass is 14.2. The number of rotatable bonds is 5. The minimum atomic E-state index is 0.794.